The lowest BCUT2D eigenvalue weighted by molar-refractivity contribution is -0.144. The zero-order valence-corrected chi connectivity index (χ0v) is 15.0. The largest absolute Gasteiger partial charge is 0.452 e. The lowest BCUT2D eigenvalue weighted by Gasteiger charge is -2.28. The van der Waals surface area contributed by atoms with Gasteiger partial charge in [-0.15, -0.1) is 4.40 Å². The number of carbonyl (C=O) groups is 2. The molecule has 0 unspecified atom stereocenters. The highest BCUT2D eigenvalue weighted by atomic mass is 32.2. The molecule has 0 fully saturated rings. The van der Waals surface area contributed by atoms with Crippen LogP contribution >= 0.6 is 0 Å². The van der Waals surface area contributed by atoms with E-state index in [9.17, 15) is 18.0 Å². The number of amidine groups is 1. The molecule has 2 rings (SSSR count). The van der Waals surface area contributed by atoms with Crippen LogP contribution < -0.4 is 5.32 Å². The predicted octanol–water partition coefficient (Wildman–Crippen LogP) is 0.724. The van der Waals surface area contributed by atoms with Crippen LogP contribution in [0.15, 0.2) is 28.3 Å². The quantitative estimate of drug-likeness (QED) is 0.499. The second kappa shape index (κ2) is 8.80. The number of nitrogens with zero attached hydrogens (tertiary/aromatic N) is 2. The third-order valence-corrected chi connectivity index (χ3v) is 4.91. The fourth-order valence-electron chi connectivity index (χ4n) is 2.41. The van der Waals surface area contributed by atoms with Crippen LogP contribution in [0.4, 0.5) is 0 Å². The molecular formula is C16H23N3O5S. The van der Waals surface area contributed by atoms with Gasteiger partial charge >= 0.3 is 5.97 Å². The summed E-state index contributed by atoms with van der Waals surface area (Å²) >= 11 is 0. The molecule has 0 atom stereocenters. The maximum atomic E-state index is 12.2. The Morgan fingerprint density at radius 1 is 1.32 bits per heavy atom. The number of sulfonamides is 1. The molecule has 2 aliphatic rings. The molecule has 1 N–H and O–H groups in total. The zero-order valence-electron chi connectivity index (χ0n) is 14.2. The summed E-state index contributed by atoms with van der Waals surface area (Å²) in [6.07, 6.45) is 8.85. The zero-order chi connectivity index (χ0) is 18.3. The van der Waals surface area contributed by atoms with Crippen molar-refractivity contribution in [1.29, 1.82) is 0 Å². The summed E-state index contributed by atoms with van der Waals surface area (Å²) in [7, 11) is -3.59. The minimum absolute atomic E-state index is 0.0292. The molecule has 1 amide bonds. The van der Waals surface area contributed by atoms with Crippen LogP contribution in [0.25, 0.3) is 0 Å². The summed E-state index contributed by atoms with van der Waals surface area (Å²) < 4.78 is 31.9. The molecule has 2 heterocycles. The third-order valence-electron chi connectivity index (χ3n) is 3.76. The van der Waals surface area contributed by atoms with Crippen molar-refractivity contribution in [2.45, 2.75) is 32.6 Å². The number of unbranched alkanes of at least 4 members (excludes halogenated alkanes) is 3. The van der Waals surface area contributed by atoms with Crippen LogP contribution in [-0.4, -0.2) is 56.5 Å². The summed E-state index contributed by atoms with van der Waals surface area (Å²) in [4.78, 5) is 25.4. The number of hydrogen-bond acceptors (Lipinski definition) is 6. The van der Waals surface area contributed by atoms with Crippen molar-refractivity contribution in [3.05, 3.63) is 23.9 Å². The van der Waals surface area contributed by atoms with Gasteiger partial charge in [-0.05, 0) is 18.6 Å². The molecule has 0 aromatic carbocycles. The smallest absolute Gasteiger partial charge is 0.342 e. The van der Waals surface area contributed by atoms with Gasteiger partial charge in [0, 0.05) is 19.3 Å². The molecule has 0 saturated heterocycles. The van der Waals surface area contributed by atoms with Crippen LogP contribution in [0.5, 0.6) is 0 Å². The Morgan fingerprint density at radius 3 is 2.88 bits per heavy atom. The SMILES string of the molecule is CCCCCCNC(=O)COC(=O)C1=CC=CN2CCS(=O)(=O)N=C12. The number of rotatable bonds is 8. The van der Waals surface area contributed by atoms with Gasteiger partial charge < -0.3 is 15.0 Å². The Kier molecular flexibility index (Phi) is 6.74. The lowest BCUT2D eigenvalue weighted by atomic mass is 10.1. The predicted molar refractivity (Wildman–Crippen MR) is 93.3 cm³/mol. The average Bonchev–Trinajstić information content (AvgIpc) is 2.58. The number of carbonyl (C=O) groups excluding carboxylic acids is 2. The minimum atomic E-state index is -3.59. The van der Waals surface area contributed by atoms with Gasteiger partial charge in [-0.2, -0.15) is 0 Å². The standard InChI is InChI=1S/C16H23N3O5S/c1-2-3-4-5-8-17-14(20)12-24-16(21)13-7-6-9-19-10-11-25(22,23)18-15(13)19/h6-7,9H,2-5,8,10-12H2,1H3,(H,17,20). The van der Waals surface area contributed by atoms with Crippen LogP contribution in [0, 0.1) is 0 Å². The maximum absolute atomic E-state index is 12.2. The van der Waals surface area contributed by atoms with E-state index < -0.39 is 22.6 Å². The van der Waals surface area contributed by atoms with Crippen molar-refractivity contribution < 1.29 is 22.7 Å². The summed E-state index contributed by atoms with van der Waals surface area (Å²) in [6.45, 7) is 2.46. The van der Waals surface area contributed by atoms with Crippen LogP contribution in [0.3, 0.4) is 0 Å². The summed E-state index contributed by atoms with van der Waals surface area (Å²) in [5.41, 5.74) is 0.0292. The molecule has 0 aromatic rings. The van der Waals surface area contributed by atoms with Crippen molar-refractivity contribution in [2.75, 3.05) is 25.4 Å². The molecule has 8 nitrogen and oxygen atoms in total. The first-order chi connectivity index (χ1) is 11.9. The number of allylic oxidation sites excluding steroid dienone is 2. The molecule has 0 aromatic heterocycles. The van der Waals surface area contributed by atoms with Crippen molar-refractivity contribution in [3.63, 3.8) is 0 Å². The van der Waals surface area contributed by atoms with Crippen LogP contribution in [-0.2, 0) is 24.3 Å². The molecule has 25 heavy (non-hydrogen) atoms. The molecule has 0 spiro atoms. The molecular weight excluding hydrogens is 346 g/mol. The second-order valence-electron chi connectivity index (χ2n) is 5.80. The van der Waals surface area contributed by atoms with E-state index in [4.69, 9.17) is 4.74 Å². The summed E-state index contributed by atoms with van der Waals surface area (Å²) in [5, 5.41) is 2.68. The average molecular weight is 369 g/mol. The van der Waals surface area contributed by atoms with Crippen molar-refractivity contribution in [1.82, 2.24) is 10.2 Å². The van der Waals surface area contributed by atoms with E-state index in [2.05, 4.69) is 16.6 Å². The van der Waals surface area contributed by atoms with Gasteiger partial charge in [-0.25, -0.2) is 13.2 Å². The molecule has 9 heteroatoms. The number of nitrogens with one attached hydrogen (secondary N) is 1. The number of ether oxygens (including phenoxy) is 1. The van der Waals surface area contributed by atoms with Gasteiger partial charge in [0.2, 0.25) is 0 Å². The Bertz CT molecular complexity index is 709. The first kappa shape index (κ1) is 19.2. The molecule has 0 bridgehead atoms. The normalized spacial score (nSPS) is 18.0. The van der Waals surface area contributed by atoms with Gasteiger partial charge in [0.15, 0.2) is 12.4 Å². The summed E-state index contributed by atoms with van der Waals surface area (Å²) in [6, 6.07) is 0. The first-order valence-corrected chi connectivity index (χ1v) is 9.96. The van der Waals surface area contributed by atoms with E-state index in [-0.39, 0.29) is 29.6 Å². The third kappa shape index (κ3) is 5.70. The Labute approximate surface area is 147 Å². The molecule has 0 radical (unpaired) electrons. The molecule has 138 valence electrons. The Hall–Kier alpha value is -2.16. The van der Waals surface area contributed by atoms with Crippen molar-refractivity contribution in [2.24, 2.45) is 4.40 Å². The fraction of sp³-hybridized carbons (Fsp3) is 0.562. The lowest BCUT2D eigenvalue weighted by Crippen LogP contribution is -2.40. The molecule has 0 aliphatic carbocycles. The summed E-state index contributed by atoms with van der Waals surface area (Å²) in [5.74, 6) is -1.22. The van der Waals surface area contributed by atoms with Gasteiger partial charge in [-0.1, -0.05) is 26.2 Å². The van der Waals surface area contributed by atoms with E-state index in [0.29, 0.717) is 6.54 Å². The monoisotopic (exact) mass is 369 g/mol. The number of esters is 1. The van der Waals surface area contributed by atoms with E-state index in [1.807, 2.05) is 0 Å². The highest BCUT2D eigenvalue weighted by Crippen LogP contribution is 2.18. The number of amides is 1. The highest BCUT2D eigenvalue weighted by molar-refractivity contribution is 7.90. The first-order valence-electron chi connectivity index (χ1n) is 8.35. The maximum Gasteiger partial charge on any atom is 0.342 e. The molecule has 0 saturated carbocycles. The second-order valence-corrected chi connectivity index (χ2v) is 7.56. The van der Waals surface area contributed by atoms with Crippen molar-refractivity contribution >= 4 is 27.7 Å². The van der Waals surface area contributed by atoms with Gasteiger partial charge in [0.1, 0.15) is 5.57 Å². The van der Waals surface area contributed by atoms with E-state index in [0.717, 1.165) is 25.7 Å². The number of hydrogen-bond donors (Lipinski definition) is 1. The van der Waals surface area contributed by atoms with E-state index in [1.54, 1.807) is 17.2 Å². The topological polar surface area (TPSA) is 105 Å². The highest BCUT2D eigenvalue weighted by Gasteiger charge is 2.30. The van der Waals surface area contributed by atoms with Crippen molar-refractivity contribution in [3.8, 4) is 0 Å². The Balaban J connectivity index is 1.86. The molecule has 2 aliphatic heterocycles. The van der Waals surface area contributed by atoms with Crippen LogP contribution in [0.1, 0.15) is 32.6 Å². The van der Waals surface area contributed by atoms with E-state index in [1.165, 1.54) is 6.08 Å². The van der Waals surface area contributed by atoms with Gasteiger partial charge in [0.25, 0.3) is 15.9 Å². The van der Waals surface area contributed by atoms with E-state index >= 15 is 0 Å². The fourth-order valence-corrected chi connectivity index (χ4v) is 3.40. The van der Waals surface area contributed by atoms with Gasteiger partial charge in [-0.3, -0.25) is 4.79 Å². The Morgan fingerprint density at radius 2 is 2.12 bits per heavy atom. The minimum Gasteiger partial charge on any atom is -0.452 e. The van der Waals surface area contributed by atoms with Gasteiger partial charge in [0.05, 0.1) is 5.75 Å². The number of fused-ring (bicyclic) bond motifs is 1. The van der Waals surface area contributed by atoms with Crippen LogP contribution in [0.2, 0.25) is 0 Å².